The molecule has 1 atom stereocenters. The zero-order valence-electron chi connectivity index (χ0n) is 8.08. The van der Waals surface area contributed by atoms with E-state index in [0.717, 1.165) is 12.8 Å². The zero-order chi connectivity index (χ0) is 10.3. The first-order valence-electron chi connectivity index (χ1n) is 4.40. The Balaban J connectivity index is 4.75. The molecule has 0 saturated heterocycles. The number of hydrogen-bond donors (Lipinski definition) is 0. The van der Waals surface area contributed by atoms with E-state index < -0.39 is 7.14 Å². The normalized spacial score (nSPS) is 13.9. The van der Waals surface area contributed by atoms with Gasteiger partial charge in [-0.3, -0.25) is 0 Å². The lowest BCUT2D eigenvalue weighted by atomic mass is 10.4. The van der Waals surface area contributed by atoms with Crippen molar-refractivity contribution in [1.29, 1.82) is 5.26 Å². The second-order valence-electron chi connectivity index (χ2n) is 2.85. The van der Waals surface area contributed by atoms with Crippen molar-refractivity contribution in [2.24, 2.45) is 0 Å². The molecule has 0 rings (SSSR count). The van der Waals surface area contributed by atoms with Gasteiger partial charge in [0.2, 0.25) is 0 Å². The third kappa shape index (κ3) is 3.19. The van der Waals surface area contributed by atoms with E-state index in [4.69, 9.17) is 10.7 Å². The van der Waals surface area contributed by atoms with Crippen molar-refractivity contribution in [2.45, 2.75) is 26.7 Å². The molecule has 0 amide bonds. The van der Waals surface area contributed by atoms with Crippen molar-refractivity contribution >= 4 is 13.0 Å². The fourth-order valence-corrected chi connectivity index (χ4v) is 3.10. The number of rotatable bonds is 5. The summed E-state index contributed by atoms with van der Waals surface area (Å²) in [6.45, 7) is 3.77. The van der Waals surface area contributed by atoms with Gasteiger partial charge in [0, 0.05) is 12.3 Å². The molecule has 0 N–H and O–H groups in total. The van der Waals surface area contributed by atoms with E-state index in [1.807, 2.05) is 6.92 Å². The number of unbranched alkanes of at least 4 members (excludes halogenated alkanes) is 1. The van der Waals surface area contributed by atoms with Gasteiger partial charge in [0.1, 0.15) is 18.5 Å². The van der Waals surface area contributed by atoms with Crippen molar-refractivity contribution in [3.05, 3.63) is 10.7 Å². The van der Waals surface area contributed by atoms with Crippen molar-refractivity contribution in [3.8, 4) is 6.07 Å². The molecular weight excluding hydrogens is 183 g/mol. The second-order valence-corrected chi connectivity index (χ2v) is 6.16. The average Bonchev–Trinajstić information content (AvgIpc) is 2.16. The quantitative estimate of drug-likeness (QED) is 0.386. The topological polar surface area (TPSA) is 63.2 Å². The summed E-state index contributed by atoms with van der Waals surface area (Å²) >= 11 is 0. The minimum absolute atomic E-state index is 0.0662. The third-order valence-electron chi connectivity index (χ3n) is 2.00. The molecular formula is C9H14N2OP-. The first-order chi connectivity index (χ1) is 6.14. The van der Waals surface area contributed by atoms with Crippen LogP contribution in [0.4, 0.5) is 0 Å². The highest BCUT2D eigenvalue weighted by molar-refractivity contribution is 7.68. The Morgan fingerprint density at radius 1 is 1.54 bits per heavy atom. The lowest BCUT2D eigenvalue weighted by Crippen LogP contribution is -1.95. The van der Waals surface area contributed by atoms with Crippen LogP contribution in [0.25, 0.3) is 5.41 Å². The van der Waals surface area contributed by atoms with Gasteiger partial charge in [-0.2, -0.15) is 5.26 Å². The Morgan fingerprint density at radius 3 is 2.46 bits per heavy atom. The Kier molecular flexibility index (Phi) is 5.39. The van der Waals surface area contributed by atoms with Gasteiger partial charge in [-0.25, -0.2) is 5.87 Å². The van der Waals surface area contributed by atoms with E-state index in [2.05, 4.69) is 0 Å². The molecule has 0 aliphatic carbocycles. The third-order valence-corrected chi connectivity index (χ3v) is 5.08. The van der Waals surface area contributed by atoms with Crippen LogP contribution >= 0.6 is 7.14 Å². The highest BCUT2D eigenvalue weighted by Gasteiger charge is 2.23. The minimum atomic E-state index is -2.63. The number of nitriles is 1. The van der Waals surface area contributed by atoms with Crippen LogP contribution in [-0.4, -0.2) is 18.2 Å². The summed E-state index contributed by atoms with van der Waals surface area (Å²) in [6.07, 6.45) is 2.67. The van der Waals surface area contributed by atoms with E-state index in [0.29, 0.717) is 12.3 Å². The highest BCUT2D eigenvalue weighted by Crippen LogP contribution is 2.52. The maximum atomic E-state index is 12.0. The molecule has 13 heavy (non-hydrogen) atoms. The van der Waals surface area contributed by atoms with Gasteiger partial charge >= 0.3 is 0 Å². The molecule has 1 unspecified atom stereocenters. The lowest BCUT2D eigenvalue weighted by molar-refractivity contribution is 0.578. The molecule has 0 fully saturated rings. The summed E-state index contributed by atoms with van der Waals surface area (Å²) in [5, 5.41) is 17.2. The van der Waals surface area contributed by atoms with Crippen LogP contribution in [0, 0.1) is 11.3 Å². The summed E-state index contributed by atoms with van der Waals surface area (Å²) in [6, 6.07) is 1.74. The summed E-state index contributed by atoms with van der Waals surface area (Å²) in [5.41, 5.74) is 0. The molecule has 0 saturated carbocycles. The maximum absolute atomic E-state index is 12.0. The van der Waals surface area contributed by atoms with Gasteiger partial charge in [0.15, 0.2) is 0 Å². The number of hydrogen-bond acceptors (Lipinski definition) is 2. The van der Waals surface area contributed by atoms with Crippen LogP contribution < -0.4 is 0 Å². The number of allylic oxidation sites excluding steroid dienone is 1. The summed E-state index contributed by atoms with van der Waals surface area (Å²) in [5.74, 6) is 1.74. The molecule has 72 valence electrons. The Hall–Kier alpha value is -0.830. The van der Waals surface area contributed by atoms with E-state index >= 15 is 0 Å². The molecule has 0 aromatic rings. The summed E-state index contributed by atoms with van der Waals surface area (Å²) in [4.78, 5) is 0. The predicted molar refractivity (Wildman–Crippen MR) is 55.4 cm³/mol. The Bertz CT molecular complexity index is 297. The summed E-state index contributed by atoms with van der Waals surface area (Å²) < 4.78 is 12.0. The van der Waals surface area contributed by atoms with Crippen molar-refractivity contribution in [2.75, 3.05) is 12.3 Å². The largest absolute Gasteiger partial charge is 0.762 e. The first kappa shape index (κ1) is 12.2. The molecule has 0 spiro atoms. The Morgan fingerprint density at radius 2 is 2.15 bits per heavy atom. The van der Waals surface area contributed by atoms with Crippen molar-refractivity contribution < 1.29 is 4.57 Å². The molecule has 0 aromatic carbocycles. The van der Waals surface area contributed by atoms with E-state index in [-0.39, 0.29) is 5.31 Å². The van der Waals surface area contributed by atoms with Crippen LogP contribution in [0.1, 0.15) is 26.7 Å². The zero-order valence-corrected chi connectivity index (χ0v) is 8.97. The fourth-order valence-electron chi connectivity index (χ4n) is 1.05. The second kappa shape index (κ2) is 5.75. The van der Waals surface area contributed by atoms with E-state index in [1.54, 1.807) is 18.9 Å². The van der Waals surface area contributed by atoms with Crippen LogP contribution in [-0.2, 0) is 4.57 Å². The molecule has 4 heteroatoms. The first-order valence-corrected chi connectivity index (χ1v) is 6.48. The fraction of sp³-hybridized carbons (Fsp3) is 0.667. The highest BCUT2D eigenvalue weighted by atomic mass is 31.2. The summed E-state index contributed by atoms with van der Waals surface area (Å²) in [7, 11) is -2.63. The van der Waals surface area contributed by atoms with Crippen LogP contribution in [0.15, 0.2) is 5.31 Å². The molecule has 0 aliphatic rings. The van der Waals surface area contributed by atoms with Crippen LogP contribution in [0.3, 0.4) is 0 Å². The van der Waals surface area contributed by atoms with E-state index in [9.17, 15) is 4.57 Å². The molecule has 0 radical (unpaired) electrons. The Labute approximate surface area is 79.3 Å². The van der Waals surface area contributed by atoms with Gasteiger partial charge < -0.3 is 9.97 Å². The molecule has 0 heterocycles. The molecule has 0 aromatic heterocycles. The van der Waals surface area contributed by atoms with Gasteiger partial charge in [-0.05, 0) is 6.42 Å². The SMILES string of the molecule is CCCCP(=O)(CC)C(=C=[N-])C#N. The van der Waals surface area contributed by atoms with Crippen LogP contribution in [0.5, 0.6) is 0 Å². The lowest BCUT2D eigenvalue weighted by Gasteiger charge is -2.13. The number of nitrogens with zero attached hydrogens (tertiary/aromatic N) is 2. The predicted octanol–water partition coefficient (Wildman–Crippen LogP) is 2.82. The van der Waals surface area contributed by atoms with Crippen molar-refractivity contribution in [3.63, 3.8) is 0 Å². The van der Waals surface area contributed by atoms with Gasteiger partial charge in [-0.15, -0.1) is 0 Å². The van der Waals surface area contributed by atoms with Gasteiger partial charge in [0.25, 0.3) is 0 Å². The van der Waals surface area contributed by atoms with Crippen molar-refractivity contribution in [1.82, 2.24) is 0 Å². The minimum Gasteiger partial charge on any atom is -0.762 e. The molecule has 0 bridgehead atoms. The maximum Gasteiger partial charge on any atom is 0.131 e. The van der Waals surface area contributed by atoms with Crippen LogP contribution in [0.2, 0.25) is 0 Å². The molecule has 3 nitrogen and oxygen atoms in total. The van der Waals surface area contributed by atoms with E-state index in [1.165, 1.54) is 0 Å². The smallest absolute Gasteiger partial charge is 0.131 e. The standard InChI is InChI=1S/C9H14N2OP/c1-3-5-6-13(12,4-2)9(7-10)8-11/h3-6H2,1-2H3/q-1. The van der Waals surface area contributed by atoms with Gasteiger partial charge in [-0.1, -0.05) is 20.3 Å². The molecule has 0 aliphatic heterocycles. The van der Waals surface area contributed by atoms with Gasteiger partial charge in [0.05, 0.1) is 0 Å². The average molecular weight is 197 g/mol. The monoisotopic (exact) mass is 197 g/mol.